The van der Waals surface area contributed by atoms with Gasteiger partial charge in [-0.05, 0) is 38.5 Å². The van der Waals surface area contributed by atoms with Crippen molar-refractivity contribution in [2.75, 3.05) is 13.2 Å². The van der Waals surface area contributed by atoms with E-state index in [1.54, 1.807) is 12.1 Å². The van der Waals surface area contributed by atoms with Crippen LogP contribution in [-0.4, -0.2) is 31.2 Å². The standard InChI is InChI=1S/C15H21NO5/c1-4-8-20-12-7-6-11(9-13(12)19-5-2)15(18)21-10(3)14(16)17/h6-7,9-10H,4-5,8H2,1-3H3,(H2,16,17). The lowest BCUT2D eigenvalue weighted by molar-refractivity contribution is -0.125. The minimum Gasteiger partial charge on any atom is -0.490 e. The molecule has 0 fully saturated rings. The number of esters is 1. The van der Waals surface area contributed by atoms with E-state index in [1.807, 2.05) is 13.8 Å². The molecule has 0 saturated heterocycles. The Kier molecular flexibility index (Phi) is 6.52. The van der Waals surface area contributed by atoms with Crippen molar-refractivity contribution in [1.82, 2.24) is 0 Å². The van der Waals surface area contributed by atoms with Crippen LogP contribution >= 0.6 is 0 Å². The summed E-state index contributed by atoms with van der Waals surface area (Å²) in [7, 11) is 0. The van der Waals surface area contributed by atoms with E-state index in [1.165, 1.54) is 13.0 Å². The van der Waals surface area contributed by atoms with Crippen molar-refractivity contribution in [3.63, 3.8) is 0 Å². The molecule has 6 nitrogen and oxygen atoms in total. The van der Waals surface area contributed by atoms with Gasteiger partial charge in [0.25, 0.3) is 5.91 Å². The molecule has 0 radical (unpaired) electrons. The second kappa shape index (κ2) is 8.14. The number of ether oxygens (including phenoxy) is 3. The molecule has 1 amide bonds. The fourth-order valence-corrected chi connectivity index (χ4v) is 1.52. The predicted molar refractivity (Wildman–Crippen MR) is 77.5 cm³/mol. The molecule has 6 heteroatoms. The maximum atomic E-state index is 11.9. The fraction of sp³-hybridized carbons (Fsp3) is 0.467. The highest BCUT2D eigenvalue weighted by Crippen LogP contribution is 2.29. The van der Waals surface area contributed by atoms with Gasteiger partial charge in [0.2, 0.25) is 0 Å². The van der Waals surface area contributed by atoms with Crippen LogP contribution in [0.15, 0.2) is 18.2 Å². The van der Waals surface area contributed by atoms with Crippen molar-refractivity contribution in [1.29, 1.82) is 0 Å². The molecule has 0 aliphatic rings. The van der Waals surface area contributed by atoms with Crippen LogP contribution in [0.1, 0.15) is 37.6 Å². The van der Waals surface area contributed by atoms with Crippen LogP contribution in [0.2, 0.25) is 0 Å². The average molecular weight is 295 g/mol. The van der Waals surface area contributed by atoms with Crippen LogP contribution < -0.4 is 15.2 Å². The lowest BCUT2D eigenvalue weighted by atomic mass is 10.2. The quantitative estimate of drug-likeness (QED) is 0.740. The van der Waals surface area contributed by atoms with Gasteiger partial charge in [0.05, 0.1) is 18.8 Å². The first-order valence-corrected chi connectivity index (χ1v) is 6.89. The Bertz CT molecular complexity index is 501. The Labute approximate surface area is 124 Å². The molecular weight excluding hydrogens is 274 g/mol. The van der Waals surface area contributed by atoms with Crippen molar-refractivity contribution in [2.24, 2.45) is 5.73 Å². The van der Waals surface area contributed by atoms with Gasteiger partial charge in [0.15, 0.2) is 17.6 Å². The van der Waals surface area contributed by atoms with E-state index in [9.17, 15) is 9.59 Å². The second-order valence-corrected chi connectivity index (χ2v) is 4.39. The maximum absolute atomic E-state index is 11.9. The third-order valence-electron chi connectivity index (χ3n) is 2.63. The summed E-state index contributed by atoms with van der Waals surface area (Å²) in [6.07, 6.45) is -0.116. The summed E-state index contributed by atoms with van der Waals surface area (Å²) in [6, 6.07) is 4.74. The highest BCUT2D eigenvalue weighted by Gasteiger charge is 2.18. The molecule has 1 rings (SSSR count). The van der Waals surface area contributed by atoms with E-state index in [4.69, 9.17) is 19.9 Å². The zero-order valence-electron chi connectivity index (χ0n) is 12.5. The number of rotatable bonds is 8. The minimum absolute atomic E-state index is 0.274. The molecule has 0 aromatic heterocycles. The Hall–Kier alpha value is -2.24. The second-order valence-electron chi connectivity index (χ2n) is 4.39. The molecule has 0 bridgehead atoms. The fourth-order valence-electron chi connectivity index (χ4n) is 1.52. The lowest BCUT2D eigenvalue weighted by Gasteiger charge is -2.14. The molecule has 0 saturated carbocycles. The molecular formula is C15H21NO5. The molecule has 0 spiro atoms. The van der Waals surface area contributed by atoms with Crippen molar-refractivity contribution >= 4 is 11.9 Å². The maximum Gasteiger partial charge on any atom is 0.339 e. The number of primary amides is 1. The van der Waals surface area contributed by atoms with E-state index >= 15 is 0 Å². The third-order valence-corrected chi connectivity index (χ3v) is 2.63. The molecule has 2 N–H and O–H groups in total. The highest BCUT2D eigenvalue weighted by atomic mass is 16.5. The van der Waals surface area contributed by atoms with E-state index < -0.39 is 18.0 Å². The smallest absolute Gasteiger partial charge is 0.339 e. The Morgan fingerprint density at radius 2 is 1.90 bits per heavy atom. The number of carbonyl (C=O) groups excluding carboxylic acids is 2. The van der Waals surface area contributed by atoms with Gasteiger partial charge in [-0.1, -0.05) is 6.92 Å². The number of hydrogen-bond acceptors (Lipinski definition) is 5. The number of carbonyl (C=O) groups is 2. The summed E-state index contributed by atoms with van der Waals surface area (Å²) in [5.74, 6) is -0.300. The number of hydrogen-bond donors (Lipinski definition) is 1. The van der Waals surface area contributed by atoms with Gasteiger partial charge >= 0.3 is 5.97 Å². The average Bonchev–Trinajstić information content (AvgIpc) is 2.45. The van der Waals surface area contributed by atoms with Gasteiger partial charge < -0.3 is 19.9 Å². The van der Waals surface area contributed by atoms with E-state index in [2.05, 4.69) is 0 Å². The summed E-state index contributed by atoms with van der Waals surface area (Å²) in [5, 5.41) is 0. The number of amides is 1. The van der Waals surface area contributed by atoms with E-state index in [0.717, 1.165) is 6.42 Å². The van der Waals surface area contributed by atoms with Crippen molar-refractivity contribution in [3.05, 3.63) is 23.8 Å². The number of benzene rings is 1. The third kappa shape index (κ3) is 4.98. The van der Waals surface area contributed by atoms with Crippen molar-refractivity contribution in [2.45, 2.75) is 33.3 Å². The summed E-state index contributed by atoms with van der Waals surface area (Å²) in [5.41, 5.74) is 5.33. The van der Waals surface area contributed by atoms with E-state index in [-0.39, 0.29) is 5.56 Å². The van der Waals surface area contributed by atoms with Crippen LogP contribution in [0, 0.1) is 0 Å². The minimum atomic E-state index is -0.982. The summed E-state index contributed by atoms with van der Waals surface area (Å²) >= 11 is 0. The molecule has 1 aromatic rings. The first kappa shape index (κ1) is 16.8. The number of nitrogens with two attached hydrogens (primary N) is 1. The van der Waals surface area contributed by atoms with Gasteiger partial charge in [-0.2, -0.15) is 0 Å². The van der Waals surface area contributed by atoms with Crippen LogP contribution in [0.25, 0.3) is 0 Å². The van der Waals surface area contributed by atoms with Crippen LogP contribution in [0.5, 0.6) is 11.5 Å². The van der Waals surface area contributed by atoms with Gasteiger partial charge in [0, 0.05) is 0 Å². The molecule has 1 aromatic carbocycles. The molecule has 1 atom stereocenters. The van der Waals surface area contributed by atoms with E-state index in [0.29, 0.717) is 24.7 Å². The molecule has 1 unspecified atom stereocenters. The van der Waals surface area contributed by atoms with Crippen molar-refractivity contribution in [3.8, 4) is 11.5 Å². The summed E-state index contributed by atoms with van der Waals surface area (Å²) < 4.78 is 15.9. The normalized spacial score (nSPS) is 11.6. The predicted octanol–water partition coefficient (Wildman–Crippen LogP) is 1.90. The van der Waals surface area contributed by atoms with Crippen LogP contribution in [0.3, 0.4) is 0 Å². The Morgan fingerprint density at radius 1 is 1.19 bits per heavy atom. The van der Waals surface area contributed by atoms with Crippen LogP contribution in [0.4, 0.5) is 0 Å². The topological polar surface area (TPSA) is 87.9 Å². The Balaban J connectivity index is 2.90. The molecule has 21 heavy (non-hydrogen) atoms. The largest absolute Gasteiger partial charge is 0.490 e. The zero-order valence-corrected chi connectivity index (χ0v) is 12.5. The molecule has 0 aliphatic heterocycles. The first-order chi connectivity index (χ1) is 9.99. The summed E-state index contributed by atoms with van der Waals surface area (Å²) in [4.78, 5) is 22.8. The monoisotopic (exact) mass is 295 g/mol. The first-order valence-electron chi connectivity index (χ1n) is 6.89. The lowest BCUT2D eigenvalue weighted by Crippen LogP contribution is -2.30. The van der Waals surface area contributed by atoms with Gasteiger partial charge in [-0.15, -0.1) is 0 Å². The zero-order chi connectivity index (χ0) is 15.8. The SMILES string of the molecule is CCCOc1ccc(C(=O)OC(C)C(N)=O)cc1OCC. The van der Waals surface area contributed by atoms with Gasteiger partial charge in [0.1, 0.15) is 0 Å². The van der Waals surface area contributed by atoms with Gasteiger partial charge in [-0.25, -0.2) is 4.79 Å². The highest BCUT2D eigenvalue weighted by molar-refractivity contribution is 5.92. The molecule has 0 aliphatic carbocycles. The molecule has 116 valence electrons. The molecule has 0 heterocycles. The Morgan fingerprint density at radius 3 is 2.48 bits per heavy atom. The van der Waals surface area contributed by atoms with Crippen molar-refractivity contribution < 1.29 is 23.8 Å². The van der Waals surface area contributed by atoms with Gasteiger partial charge in [-0.3, -0.25) is 4.79 Å². The summed E-state index contributed by atoms with van der Waals surface area (Å²) in [6.45, 7) is 6.25. The van der Waals surface area contributed by atoms with Crippen LogP contribution in [-0.2, 0) is 9.53 Å².